The average molecular weight is 371 g/mol. The number of nitrogens with two attached hydrogens (primary N) is 1. The van der Waals surface area contributed by atoms with E-state index in [2.05, 4.69) is 5.10 Å². The normalized spacial score (nSPS) is 10.7. The smallest absolute Gasteiger partial charge is 0.220 e. The van der Waals surface area contributed by atoms with Gasteiger partial charge in [0.1, 0.15) is 11.6 Å². The molecule has 3 aromatic rings. The molecule has 0 spiro atoms. The van der Waals surface area contributed by atoms with Crippen LogP contribution in [0.25, 0.3) is 11.3 Å². The van der Waals surface area contributed by atoms with E-state index >= 15 is 0 Å². The number of aromatic hydroxyl groups is 1. The molecule has 3 rings (SSSR count). The van der Waals surface area contributed by atoms with Gasteiger partial charge in [0.15, 0.2) is 5.11 Å². The molecule has 0 amide bonds. The number of ether oxygens (including phenoxy) is 1. The number of benzene rings is 2. The van der Waals surface area contributed by atoms with Crippen LogP contribution in [0.1, 0.15) is 11.1 Å². The van der Waals surface area contributed by atoms with E-state index in [4.69, 9.17) is 22.7 Å². The minimum atomic E-state index is -0.281. The van der Waals surface area contributed by atoms with Gasteiger partial charge in [0, 0.05) is 11.1 Å². The van der Waals surface area contributed by atoms with Crippen LogP contribution in [0.2, 0.25) is 0 Å². The average Bonchev–Trinajstić information content (AvgIpc) is 2.98. The first-order valence-corrected chi connectivity index (χ1v) is 8.40. The Hall–Kier alpha value is -2.93. The van der Waals surface area contributed by atoms with Crippen molar-refractivity contribution in [1.29, 1.82) is 0 Å². The first kappa shape index (κ1) is 17.9. The summed E-state index contributed by atoms with van der Waals surface area (Å²) in [6.45, 7) is 0. The Bertz CT molecular complexity index is 921. The second-order valence-electron chi connectivity index (χ2n) is 5.76. The molecule has 5 nitrogen and oxygen atoms in total. The van der Waals surface area contributed by atoms with Crippen LogP contribution in [0.3, 0.4) is 0 Å². The first-order valence-electron chi connectivity index (χ1n) is 7.99. The molecule has 7 heteroatoms. The molecule has 0 unspecified atom stereocenters. The molecule has 0 radical (unpaired) electrons. The maximum atomic E-state index is 13.1. The Morgan fingerprint density at radius 1 is 1.15 bits per heavy atom. The third kappa shape index (κ3) is 3.67. The summed E-state index contributed by atoms with van der Waals surface area (Å²) in [6.07, 6.45) is 1.11. The van der Waals surface area contributed by atoms with Crippen molar-refractivity contribution in [2.45, 2.75) is 12.8 Å². The lowest BCUT2D eigenvalue weighted by molar-refractivity contribution is 0.415. The highest BCUT2D eigenvalue weighted by molar-refractivity contribution is 7.80. The van der Waals surface area contributed by atoms with Crippen molar-refractivity contribution in [2.75, 3.05) is 7.11 Å². The van der Waals surface area contributed by atoms with Crippen LogP contribution in [0.15, 0.2) is 48.5 Å². The summed E-state index contributed by atoms with van der Waals surface area (Å²) in [5, 5.41) is 14.8. The summed E-state index contributed by atoms with van der Waals surface area (Å²) in [4.78, 5) is 0. The molecule has 26 heavy (non-hydrogen) atoms. The second kappa shape index (κ2) is 7.53. The van der Waals surface area contributed by atoms with Gasteiger partial charge < -0.3 is 15.6 Å². The third-order valence-electron chi connectivity index (χ3n) is 4.11. The largest absolute Gasteiger partial charge is 0.497 e. The second-order valence-corrected chi connectivity index (χ2v) is 6.17. The molecule has 1 aromatic heterocycles. The molecule has 0 aliphatic heterocycles. The Kier molecular flexibility index (Phi) is 5.18. The summed E-state index contributed by atoms with van der Waals surface area (Å²) in [5.74, 6) is 0.363. The molecule has 0 aliphatic rings. The van der Waals surface area contributed by atoms with Crippen molar-refractivity contribution >= 4 is 17.3 Å². The van der Waals surface area contributed by atoms with E-state index in [1.54, 1.807) is 19.2 Å². The highest BCUT2D eigenvalue weighted by Gasteiger charge is 2.20. The standard InChI is InChI=1S/C19H18FN3O2S/c1-25-15-9-5-13(6-10-15)17-16(18(24)23(22-17)19(21)26)11-4-12-2-7-14(20)8-3-12/h2-3,5-10,24H,4,11H2,1H3,(H2,21,26). The van der Waals surface area contributed by atoms with Crippen LogP contribution in [0.4, 0.5) is 4.39 Å². The first-order chi connectivity index (χ1) is 12.5. The molecular weight excluding hydrogens is 353 g/mol. The van der Waals surface area contributed by atoms with Gasteiger partial charge in [-0.3, -0.25) is 0 Å². The summed E-state index contributed by atoms with van der Waals surface area (Å²) in [5.41, 5.74) is 8.65. The fourth-order valence-corrected chi connectivity index (χ4v) is 2.85. The maximum Gasteiger partial charge on any atom is 0.220 e. The lowest BCUT2D eigenvalue weighted by Crippen LogP contribution is -2.20. The quantitative estimate of drug-likeness (QED) is 0.674. The molecule has 0 saturated carbocycles. The van der Waals surface area contributed by atoms with Crippen molar-refractivity contribution in [3.63, 3.8) is 0 Å². The zero-order chi connectivity index (χ0) is 18.7. The zero-order valence-corrected chi connectivity index (χ0v) is 15.0. The molecule has 0 saturated heterocycles. The summed E-state index contributed by atoms with van der Waals surface area (Å²) in [7, 11) is 1.59. The van der Waals surface area contributed by atoms with E-state index in [9.17, 15) is 9.50 Å². The number of nitrogens with zero attached hydrogens (tertiary/aromatic N) is 2. The molecule has 0 atom stereocenters. The van der Waals surface area contributed by atoms with Crippen molar-refractivity contribution in [3.05, 3.63) is 65.5 Å². The number of hydrogen-bond acceptors (Lipinski definition) is 4. The number of thiocarbonyl (C=S) groups is 1. The third-order valence-corrected chi connectivity index (χ3v) is 4.28. The molecule has 0 fully saturated rings. The van der Waals surface area contributed by atoms with E-state index in [-0.39, 0.29) is 16.8 Å². The van der Waals surface area contributed by atoms with Gasteiger partial charge in [0.05, 0.1) is 12.8 Å². The Balaban J connectivity index is 1.95. The molecular formula is C19H18FN3O2S. The lowest BCUT2D eigenvalue weighted by atomic mass is 10.0. The number of methoxy groups -OCH3 is 1. The van der Waals surface area contributed by atoms with Crippen molar-refractivity contribution in [1.82, 2.24) is 9.78 Å². The zero-order valence-electron chi connectivity index (χ0n) is 14.1. The van der Waals surface area contributed by atoms with Gasteiger partial charge in [-0.15, -0.1) is 0 Å². The molecule has 2 aromatic carbocycles. The van der Waals surface area contributed by atoms with E-state index in [1.165, 1.54) is 12.1 Å². The molecule has 3 N–H and O–H groups in total. The fourth-order valence-electron chi connectivity index (χ4n) is 2.73. The van der Waals surface area contributed by atoms with Gasteiger partial charge >= 0.3 is 0 Å². The van der Waals surface area contributed by atoms with Gasteiger partial charge in [-0.05, 0) is 67.0 Å². The molecule has 134 valence electrons. The van der Waals surface area contributed by atoms with E-state index in [0.717, 1.165) is 21.6 Å². The topological polar surface area (TPSA) is 73.3 Å². The predicted molar refractivity (Wildman–Crippen MR) is 102 cm³/mol. The fraction of sp³-hybridized carbons (Fsp3) is 0.158. The van der Waals surface area contributed by atoms with Crippen molar-refractivity contribution in [3.8, 4) is 22.9 Å². The molecule has 1 heterocycles. The summed E-state index contributed by atoms with van der Waals surface area (Å²) in [6, 6.07) is 13.6. The summed E-state index contributed by atoms with van der Waals surface area (Å²) < 4.78 is 19.4. The number of aromatic nitrogens is 2. The van der Waals surface area contributed by atoms with Crippen LogP contribution in [-0.2, 0) is 12.8 Å². The van der Waals surface area contributed by atoms with E-state index in [0.29, 0.717) is 24.1 Å². The van der Waals surface area contributed by atoms with Gasteiger partial charge in [-0.1, -0.05) is 12.1 Å². The van der Waals surface area contributed by atoms with Gasteiger partial charge in [0.2, 0.25) is 5.88 Å². The Morgan fingerprint density at radius 3 is 2.38 bits per heavy atom. The monoisotopic (exact) mass is 371 g/mol. The van der Waals surface area contributed by atoms with Gasteiger partial charge in [0.25, 0.3) is 0 Å². The SMILES string of the molecule is COc1ccc(-c2nn(C(N)=S)c(O)c2CCc2ccc(F)cc2)cc1. The van der Waals surface area contributed by atoms with E-state index < -0.39 is 0 Å². The van der Waals surface area contributed by atoms with Crippen molar-refractivity contribution < 1.29 is 14.2 Å². The number of aryl methyl sites for hydroxylation is 1. The van der Waals surface area contributed by atoms with Crippen LogP contribution in [0.5, 0.6) is 11.6 Å². The lowest BCUT2D eigenvalue weighted by Gasteiger charge is -2.05. The number of hydrogen-bond donors (Lipinski definition) is 2. The molecule has 0 aliphatic carbocycles. The minimum Gasteiger partial charge on any atom is -0.497 e. The Morgan fingerprint density at radius 2 is 1.81 bits per heavy atom. The highest BCUT2D eigenvalue weighted by Crippen LogP contribution is 2.31. The van der Waals surface area contributed by atoms with Crippen LogP contribution in [-0.4, -0.2) is 27.1 Å². The predicted octanol–water partition coefficient (Wildman–Crippen LogP) is 3.28. The van der Waals surface area contributed by atoms with Crippen LogP contribution >= 0.6 is 12.2 Å². The number of halogens is 1. The van der Waals surface area contributed by atoms with E-state index in [1.807, 2.05) is 24.3 Å². The van der Waals surface area contributed by atoms with Gasteiger partial charge in [-0.25, -0.2) is 4.39 Å². The minimum absolute atomic E-state index is 0.0368. The Labute approximate surface area is 155 Å². The molecule has 0 bridgehead atoms. The van der Waals surface area contributed by atoms with Crippen LogP contribution in [0, 0.1) is 5.82 Å². The van der Waals surface area contributed by atoms with Crippen LogP contribution < -0.4 is 10.5 Å². The number of rotatable bonds is 5. The summed E-state index contributed by atoms with van der Waals surface area (Å²) >= 11 is 4.96. The van der Waals surface area contributed by atoms with Gasteiger partial charge in [-0.2, -0.15) is 9.78 Å². The highest BCUT2D eigenvalue weighted by atomic mass is 32.1. The van der Waals surface area contributed by atoms with Crippen molar-refractivity contribution in [2.24, 2.45) is 5.73 Å². The maximum absolute atomic E-state index is 13.1.